The highest BCUT2D eigenvalue weighted by molar-refractivity contribution is 6.64. The van der Waals surface area contributed by atoms with Gasteiger partial charge in [0.2, 0.25) is 0 Å². The van der Waals surface area contributed by atoms with E-state index >= 15 is 0 Å². The van der Waals surface area contributed by atoms with Gasteiger partial charge in [-0.3, -0.25) is 14.5 Å². The number of carbonyl (C=O) groups is 2. The van der Waals surface area contributed by atoms with E-state index in [-0.39, 0.29) is 25.0 Å². The van der Waals surface area contributed by atoms with E-state index in [0.717, 1.165) is 0 Å². The van der Waals surface area contributed by atoms with Crippen molar-refractivity contribution in [2.24, 2.45) is 0 Å². The summed E-state index contributed by atoms with van der Waals surface area (Å²) >= 11 is 0. The van der Waals surface area contributed by atoms with Crippen molar-refractivity contribution < 1.29 is 22.9 Å². The van der Waals surface area contributed by atoms with Crippen LogP contribution in [0.3, 0.4) is 0 Å². The summed E-state index contributed by atoms with van der Waals surface area (Å²) in [6.45, 7) is 3.10. The molecule has 3 aliphatic rings. The Balaban J connectivity index is 2.26. The van der Waals surface area contributed by atoms with Crippen molar-refractivity contribution in [1.82, 2.24) is 4.90 Å². The standard InChI is InChI=1S/C8H13NO5Si/c1-2-15-12-4-3-9(5-7(10)13-15)6-8(11)14-15/h2-6H2,1H3. The quantitative estimate of drug-likeness (QED) is 0.560. The van der Waals surface area contributed by atoms with Gasteiger partial charge in [0.15, 0.2) is 0 Å². The van der Waals surface area contributed by atoms with E-state index in [1.807, 2.05) is 0 Å². The molecule has 3 saturated heterocycles. The molecule has 15 heavy (non-hydrogen) atoms. The maximum absolute atomic E-state index is 11.4. The van der Waals surface area contributed by atoms with Gasteiger partial charge in [-0.25, -0.2) is 0 Å². The molecule has 84 valence electrons. The smallest absolute Gasteiger partial charge is 0.463 e. The van der Waals surface area contributed by atoms with Gasteiger partial charge >= 0.3 is 20.7 Å². The summed E-state index contributed by atoms with van der Waals surface area (Å²) in [6, 6.07) is 0.435. The summed E-state index contributed by atoms with van der Waals surface area (Å²) in [5.41, 5.74) is 0. The van der Waals surface area contributed by atoms with E-state index in [9.17, 15) is 9.59 Å². The SMILES string of the molecule is CC[Si]12OCCN(CC(=O)O1)CC(=O)O2. The molecule has 6 nitrogen and oxygen atoms in total. The highest BCUT2D eigenvalue weighted by atomic mass is 28.4. The Morgan fingerprint density at radius 2 is 1.87 bits per heavy atom. The first kappa shape index (κ1) is 10.6. The summed E-state index contributed by atoms with van der Waals surface area (Å²) in [5, 5.41) is 0. The minimum atomic E-state index is -3.05. The second-order valence-electron chi connectivity index (χ2n) is 3.54. The molecule has 2 bridgehead atoms. The molecule has 0 unspecified atom stereocenters. The summed E-state index contributed by atoms with van der Waals surface area (Å²) in [7, 11) is -3.05. The molecule has 0 aromatic carbocycles. The Kier molecular flexibility index (Phi) is 2.76. The predicted molar refractivity (Wildman–Crippen MR) is 50.8 cm³/mol. The highest BCUT2D eigenvalue weighted by Crippen LogP contribution is 2.20. The number of rotatable bonds is 1. The van der Waals surface area contributed by atoms with E-state index in [0.29, 0.717) is 19.2 Å². The molecule has 3 fully saturated rings. The Morgan fingerprint density at radius 1 is 1.27 bits per heavy atom. The summed E-state index contributed by atoms with van der Waals surface area (Å²) in [6.07, 6.45) is 0. The monoisotopic (exact) mass is 231 g/mol. The lowest BCUT2D eigenvalue weighted by atomic mass is 10.4. The minimum Gasteiger partial charge on any atom is -0.463 e. The Hall–Kier alpha value is -0.923. The molecule has 0 aromatic rings. The van der Waals surface area contributed by atoms with Crippen molar-refractivity contribution >= 4 is 20.7 Å². The lowest BCUT2D eigenvalue weighted by molar-refractivity contribution is -0.155. The molecule has 0 saturated carbocycles. The van der Waals surface area contributed by atoms with Crippen molar-refractivity contribution in [2.75, 3.05) is 26.2 Å². The van der Waals surface area contributed by atoms with Gasteiger partial charge in [-0.05, 0) is 0 Å². The largest absolute Gasteiger partial charge is 0.635 e. The zero-order chi connectivity index (χ0) is 10.9. The summed E-state index contributed by atoms with van der Waals surface area (Å²) in [4.78, 5) is 24.5. The van der Waals surface area contributed by atoms with Crippen LogP contribution in [0.1, 0.15) is 6.92 Å². The van der Waals surface area contributed by atoms with E-state index in [2.05, 4.69) is 0 Å². The Labute approximate surface area is 88.5 Å². The Bertz CT molecular complexity index is 275. The van der Waals surface area contributed by atoms with Crippen molar-refractivity contribution in [1.29, 1.82) is 0 Å². The number of hydrogen-bond acceptors (Lipinski definition) is 6. The molecule has 3 aliphatic heterocycles. The highest BCUT2D eigenvalue weighted by Gasteiger charge is 2.50. The average Bonchev–Trinajstić information content (AvgIpc) is 2.10. The van der Waals surface area contributed by atoms with Gasteiger partial charge in [0, 0.05) is 12.6 Å². The molecule has 0 atom stereocenters. The number of nitrogens with zero attached hydrogens (tertiary/aromatic N) is 1. The van der Waals surface area contributed by atoms with Crippen molar-refractivity contribution in [3.8, 4) is 0 Å². The van der Waals surface area contributed by atoms with Gasteiger partial charge in [-0.2, -0.15) is 0 Å². The van der Waals surface area contributed by atoms with Crippen LogP contribution in [0, 0.1) is 0 Å². The molecule has 7 heteroatoms. The van der Waals surface area contributed by atoms with E-state index < -0.39 is 8.80 Å². The lowest BCUT2D eigenvalue weighted by Gasteiger charge is -2.35. The van der Waals surface area contributed by atoms with Crippen molar-refractivity contribution in [2.45, 2.75) is 13.0 Å². The van der Waals surface area contributed by atoms with Crippen molar-refractivity contribution in [3.63, 3.8) is 0 Å². The van der Waals surface area contributed by atoms with Crippen LogP contribution < -0.4 is 0 Å². The van der Waals surface area contributed by atoms with Crippen LogP contribution in [-0.4, -0.2) is 51.9 Å². The third-order valence-corrected chi connectivity index (χ3v) is 4.99. The third kappa shape index (κ3) is 2.19. The first-order chi connectivity index (χ1) is 7.13. The summed E-state index contributed by atoms with van der Waals surface area (Å²) < 4.78 is 15.8. The van der Waals surface area contributed by atoms with Crippen LogP contribution in [0.4, 0.5) is 0 Å². The molecule has 0 aromatic heterocycles. The molecule has 3 heterocycles. The van der Waals surface area contributed by atoms with E-state index in [1.54, 1.807) is 11.8 Å². The van der Waals surface area contributed by atoms with Crippen LogP contribution in [0.2, 0.25) is 6.04 Å². The van der Waals surface area contributed by atoms with E-state index in [4.69, 9.17) is 13.3 Å². The average molecular weight is 231 g/mol. The van der Waals surface area contributed by atoms with Gasteiger partial charge in [0.25, 0.3) is 0 Å². The molecule has 0 spiro atoms. The zero-order valence-corrected chi connectivity index (χ0v) is 9.52. The topological polar surface area (TPSA) is 65.1 Å². The lowest BCUT2D eigenvalue weighted by Crippen LogP contribution is -2.57. The van der Waals surface area contributed by atoms with Crippen LogP contribution in [-0.2, 0) is 22.9 Å². The fourth-order valence-electron chi connectivity index (χ4n) is 1.65. The van der Waals surface area contributed by atoms with Gasteiger partial charge in [0.05, 0.1) is 19.7 Å². The third-order valence-electron chi connectivity index (χ3n) is 2.41. The van der Waals surface area contributed by atoms with Gasteiger partial charge in [-0.15, -0.1) is 0 Å². The normalized spacial score (nSPS) is 36.2. The fourth-order valence-corrected chi connectivity index (χ4v) is 3.52. The first-order valence-corrected chi connectivity index (χ1v) is 6.87. The molecule has 0 amide bonds. The zero-order valence-electron chi connectivity index (χ0n) is 8.52. The van der Waals surface area contributed by atoms with Crippen LogP contribution in [0.25, 0.3) is 0 Å². The first-order valence-electron chi connectivity index (χ1n) is 4.93. The molecule has 0 radical (unpaired) electrons. The maximum Gasteiger partial charge on any atom is 0.635 e. The molecule has 0 N–H and O–H groups in total. The fraction of sp³-hybridized carbons (Fsp3) is 0.750. The van der Waals surface area contributed by atoms with Crippen LogP contribution in [0.5, 0.6) is 0 Å². The second kappa shape index (κ2) is 3.91. The number of carbonyl (C=O) groups excluding carboxylic acids is 2. The van der Waals surface area contributed by atoms with Crippen molar-refractivity contribution in [3.05, 3.63) is 0 Å². The van der Waals surface area contributed by atoms with Gasteiger partial charge < -0.3 is 13.3 Å². The molecule has 3 rings (SSSR count). The van der Waals surface area contributed by atoms with Gasteiger partial charge in [-0.1, -0.05) is 6.92 Å². The molecular weight excluding hydrogens is 218 g/mol. The second-order valence-corrected chi connectivity index (χ2v) is 6.31. The summed E-state index contributed by atoms with van der Waals surface area (Å²) in [5.74, 6) is -0.730. The molecule has 0 aliphatic carbocycles. The number of hydrogen-bond donors (Lipinski definition) is 0. The predicted octanol–water partition coefficient (Wildman–Crippen LogP) is -0.623. The van der Waals surface area contributed by atoms with E-state index in [1.165, 1.54) is 0 Å². The minimum absolute atomic E-state index is 0.146. The maximum atomic E-state index is 11.4. The Morgan fingerprint density at radius 3 is 2.40 bits per heavy atom. The van der Waals surface area contributed by atoms with Gasteiger partial charge in [0.1, 0.15) is 0 Å². The number of fused-ring (bicyclic) bond motifs is 6. The van der Waals surface area contributed by atoms with Crippen LogP contribution in [0.15, 0.2) is 0 Å². The molecular formula is C8H13NO5Si. The van der Waals surface area contributed by atoms with Crippen LogP contribution >= 0.6 is 0 Å².